The zero-order chi connectivity index (χ0) is 15.5. The lowest BCUT2D eigenvalue weighted by Gasteiger charge is -2.18. The molecule has 8 heteroatoms. The highest BCUT2D eigenvalue weighted by Gasteiger charge is 2.14. The van der Waals surface area contributed by atoms with Crippen LogP contribution in [-0.4, -0.2) is 38.2 Å². The van der Waals surface area contributed by atoms with E-state index in [-0.39, 0.29) is 12.5 Å². The van der Waals surface area contributed by atoms with Crippen LogP contribution in [0, 0.1) is 0 Å². The number of amides is 1. The fraction of sp³-hybridized carbons (Fsp3) is 0.385. The lowest BCUT2D eigenvalue weighted by Crippen LogP contribution is -2.46. The molecule has 1 heterocycles. The molecule has 0 fully saturated rings. The Bertz CT molecular complexity index is 616. The van der Waals surface area contributed by atoms with Crippen molar-refractivity contribution in [3.63, 3.8) is 0 Å². The summed E-state index contributed by atoms with van der Waals surface area (Å²) in [6.07, 6.45) is 0. The molecule has 0 aliphatic heterocycles. The first kappa shape index (κ1) is 15.4. The van der Waals surface area contributed by atoms with Crippen molar-refractivity contribution in [2.75, 3.05) is 6.54 Å². The van der Waals surface area contributed by atoms with Gasteiger partial charge in [0.25, 0.3) is 0 Å². The molecule has 0 radical (unpaired) electrons. The first-order valence-electron chi connectivity index (χ1n) is 6.43. The van der Waals surface area contributed by atoms with Gasteiger partial charge in [-0.25, -0.2) is 0 Å². The lowest BCUT2D eigenvalue weighted by atomic mass is 10.1. The molecule has 7 nitrogen and oxygen atoms in total. The highest BCUT2D eigenvalue weighted by atomic mass is 35.5. The second kappa shape index (κ2) is 6.19. The van der Waals surface area contributed by atoms with E-state index < -0.39 is 5.54 Å². The number of hydrogen-bond donors (Lipinski definition) is 2. The average molecular weight is 309 g/mol. The Kier molecular flexibility index (Phi) is 4.54. The van der Waals surface area contributed by atoms with Crippen molar-refractivity contribution in [3.8, 4) is 11.4 Å². The zero-order valence-electron chi connectivity index (χ0n) is 11.9. The van der Waals surface area contributed by atoms with Gasteiger partial charge in [-0.2, -0.15) is 4.80 Å². The molecule has 1 aromatic carbocycles. The monoisotopic (exact) mass is 308 g/mol. The number of nitrogens with two attached hydrogens (primary N) is 1. The van der Waals surface area contributed by atoms with Crippen LogP contribution in [0.3, 0.4) is 0 Å². The lowest BCUT2D eigenvalue weighted by molar-refractivity contribution is -0.122. The normalized spacial score (nSPS) is 11.4. The van der Waals surface area contributed by atoms with Crippen molar-refractivity contribution in [3.05, 3.63) is 29.3 Å². The number of nitrogens with zero attached hydrogens (tertiary/aromatic N) is 4. The number of aromatic nitrogens is 4. The third-order valence-electron chi connectivity index (χ3n) is 2.58. The van der Waals surface area contributed by atoms with E-state index in [0.717, 1.165) is 5.56 Å². The summed E-state index contributed by atoms with van der Waals surface area (Å²) >= 11 is 5.82. The van der Waals surface area contributed by atoms with E-state index in [9.17, 15) is 4.79 Å². The van der Waals surface area contributed by atoms with E-state index in [4.69, 9.17) is 17.3 Å². The predicted molar refractivity (Wildman–Crippen MR) is 79.5 cm³/mol. The standard InChI is InChI=1S/C13H17ClN6O/c1-13(2,15)8-16-11(21)7-20-18-12(17-19-20)9-3-5-10(14)6-4-9/h3-6H,7-8,15H2,1-2H3,(H,16,21). The molecule has 0 saturated carbocycles. The van der Waals surface area contributed by atoms with Gasteiger partial charge in [-0.05, 0) is 43.3 Å². The van der Waals surface area contributed by atoms with Gasteiger partial charge in [0.15, 0.2) is 0 Å². The first-order valence-corrected chi connectivity index (χ1v) is 6.81. The SMILES string of the molecule is CC(C)(N)CNC(=O)Cn1nnc(-c2ccc(Cl)cc2)n1. The quantitative estimate of drug-likeness (QED) is 0.853. The number of carbonyl (C=O) groups excluding carboxylic acids is 1. The van der Waals surface area contributed by atoms with E-state index >= 15 is 0 Å². The molecule has 2 rings (SSSR count). The summed E-state index contributed by atoms with van der Waals surface area (Å²) in [5.41, 5.74) is 6.12. The Balaban J connectivity index is 1.97. The molecule has 0 atom stereocenters. The molecule has 2 aromatic rings. The number of carbonyl (C=O) groups is 1. The molecular formula is C13H17ClN6O. The number of rotatable bonds is 5. The van der Waals surface area contributed by atoms with Crippen molar-refractivity contribution in [1.82, 2.24) is 25.5 Å². The van der Waals surface area contributed by atoms with Crippen LogP contribution in [0.1, 0.15) is 13.8 Å². The number of tetrazole rings is 1. The average Bonchev–Trinajstić information content (AvgIpc) is 2.85. The van der Waals surface area contributed by atoms with Crippen LogP contribution in [0.25, 0.3) is 11.4 Å². The fourth-order valence-electron chi connectivity index (χ4n) is 1.54. The molecule has 112 valence electrons. The molecule has 1 aromatic heterocycles. The van der Waals surface area contributed by atoms with Gasteiger partial charge in [0.1, 0.15) is 6.54 Å². The summed E-state index contributed by atoms with van der Waals surface area (Å²) in [7, 11) is 0. The molecule has 0 aliphatic rings. The highest BCUT2D eigenvalue weighted by molar-refractivity contribution is 6.30. The Hall–Kier alpha value is -1.99. The van der Waals surface area contributed by atoms with Crippen molar-refractivity contribution in [1.29, 1.82) is 0 Å². The summed E-state index contributed by atoms with van der Waals surface area (Å²) in [6.45, 7) is 4.04. The molecular weight excluding hydrogens is 292 g/mol. The first-order chi connectivity index (χ1) is 9.83. The van der Waals surface area contributed by atoms with Gasteiger partial charge in [0.2, 0.25) is 11.7 Å². The third kappa shape index (κ3) is 4.80. The van der Waals surface area contributed by atoms with Crippen molar-refractivity contribution < 1.29 is 4.79 Å². The van der Waals surface area contributed by atoms with Gasteiger partial charge in [-0.1, -0.05) is 11.6 Å². The third-order valence-corrected chi connectivity index (χ3v) is 2.83. The van der Waals surface area contributed by atoms with Gasteiger partial charge < -0.3 is 11.1 Å². The fourth-order valence-corrected chi connectivity index (χ4v) is 1.66. The summed E-state index contributed by atoms with van der Waals surface area (Å²) in [5.74, 6) is 0.229. The maximum atomic E-state index is 11.7. The van der Waals surface area contributed by atoms with E-state index in [0.29, 0.717) is 17.4 Å². The summed E-state index contributed by atoms with van der Waals surface area (Å²) in [4.78, 5) is 13.0. The minimum Gasteiger partial charge on any atom is -0.353 e. The highest BCUT2D eigenvalue weighted by Crippen LogP contribution is 2.16. The smallest absolute Gasteiger partial charge is 0.243 e. The second-order valence-corrected chi connectivity index (χ2v) is 5.85. The zero-order valence-corrected chi connectivity index (χ0v) is 12.6. The van der Waals surface area contributed by atoms with Gasteiger partial charge in [-0.3, -0.25) is 4.79 Å². The number of nitrogens with one attached hydrogen (secondary N) is 1. The van der Waals surface area contributed by atoms with Gasteiger partial charge in [0, 0.05) is 22.7 Å². The Morgan fingerprint density at radius 3 is 2.67 bits per heavy atom. The largest absolute Gasteiger partial charge is 0.353 e. The van der Waals surface area contributed by atoms with Crippen LogP contribution in [0.15, 0.2) is 24.3 Å². The minimum absolute atomic E-state index is 0.00330. The Labute approximate surface area is 127 Å². The predicted octanol–water partition coefficient (Wildman–Crippen LogP) is 0.847. The van der Waals surface area contributed by atoms with Crippen LogP contribution in [-0.2, 0) is 11.3 Å². The molecule has 0 saturated heterocycles. The molecule has 3 N–H and O–H groups in total. The van der Waals surface area contributed by atoms with E-state index in [2.05, 4.69) is 20.7 Å². The Morgan fingerprint density at radius 1 is 1.38 bits per heavy atom. The molecule has 21 heavy (non-hydrogen) atoms. The van der Waals surface area contributed by atoms with Crippen LogP contribution in [0.5, 0.6) is 0 Å². The van der Waals surface area contributed by atoms with Crippen LogP contribution in [0.2, 0.25) is 5.02 Å². The summed E-state index contributed by atoms with van der Waals surface area (Å²) in [6, 6.07) is 7.07. The number of benzene rings is 1. The van der Waals surface area contributed by atoms with Crippen LogP contribution < -0.4 is 11.1 Å². The van der Waals surface area contributed by atoms with Crippen molar-refractivity contribution >= 4 is 17.5 Å². The summed E-state index contributed by atoms with van der Waals surface area (Å²) < 4.78 is 0. The molecule has 1 amide bonds. The van der Waals surface area contributed by atoms with E-state index in [1.54, 1.807) is 24.3 Å². The summed E-state index contributed by atoms with van der Waals surface area (Å²) in [5, 5.41) is 15.3. The molecule has 0 unspecified atom stereocenters. The van der Waals surface area contributed by atoms with Crippen molar-refractivity contribution in [2.24, 2.45) is 5.73 Å². The van der Waals surface area contributed by atoms with E-state index in [1.807, 2.05) is 13.8 Å². The topological polar surface area (TPSA) is 98.7 Å². The molecule has 0 spiro atoms. The van der Waals surface area contributed by atoms with Gasteiger partial charge in [0.05, 0.1) is 0 Å². The van der Waals surface area contributed by atoms with E-state index in [1.165, 1.54) is 4.80 Å². The minimum atomic E-state index is -0.458. The maximum absolute atomic E-state index is 11.7. The van der Waals surface area contributed by atoms with Gasteiger partial charge in [-0.15, -0.1) is 10.2 Å². The maximum Gasteiger partial charge on any atom is 0.243 e. The number of halogens is 1. The molecule has 0 aliphatic carbocycles. The second-order valence-electron chi connectivity index (χ2n) is 5.42. The van der Waals surface area contributed by atoms with Crippen LogP contribution >= 0.6 is 11.6 Å². The Morgan fingerprint density at radius 2 is 2.05 bits per heavy atom. The van der Waals surface area contributed by atoms with Crippen molar-refractivity contribution in [2.45, 2.75) is 25.9 Å². The molecule has 0 bridgehead atoms. The van der Waals surface area contributed by atoms with Crippen LogP contribution in [0.4, 0.5) is 0 Å². The number of hydrogen-bond acceptors (Lipinski definition) is 5. The van der Waals surface area contributed by atoms with Gasteiger partial charge >= 0.3 is 0 Å².